The van der Waals surface area contributed by atoms with Gasteiger partial charge in [0.25, 0.3) is 0 Å². The van der Waals surface area contributed by atoms with Crippen LogP contribution in [0.3, 0.4) is 0 Å². The highest BCUT2D eigenvalue weighted by molar-refractivity contribution is 4.75. The molecule has 1 aliphatic rings. The van der Waals surface area contributed by atoms with E-state index < -0.39 is 0 Å². The maximum atomic E-state index is 9.51. The van der Waals surface area contributed by atoms with E-state index in [0.29, 0.717) is 5.92 Å². The summed E-state index contributed by atoms with van der Waals surface area (Å²) in [5.74, 6) is 0.463. The lowest BCUT2D eigenvalue weighted by Crippen LogP contribution is -2.41. The van der Waals surface area contributed by atoms with E-state index in [4.69, 9.17) is 4.74 Å². The van der Waals surface area contributed by atoms with Gasteiger partial charge in [0.15, 0.2) is 0 Å². The second-order valence-corrected chi connectivity index (χ2v) is 4.14. The molecule has 0 saturated carbocycles. The second kappa shape index (κ2) is 6.38. The van der Waals surface area contributed by atoms with Crippen LogP contribution in [0.5, 0.6) is 0 Å². The van der Waals surface area contributed by atoms with Crippen LogP contribution < -0.4 is 0 Å². The van der Waals surface area contributed by atoms with E-state index in [1.54, 1.807) is 0 Å². The number of aliphatic hydroxyl groups is 1. The highest BCUT2D eigenvalue weighted by atomic mass is 16.5. The molecule has 1 saturated heterocycles. The van der Waals surface area contributed by atoms with Crippen molar-refractivity contribution in [1.29, 1.82) is 0 Å². The van der Waals surface area contributed by atoms with E-state index >= 15 is 0 Å². The summed E-state index contributed by atoms with van der Waals surface area (Å²) in [6, 6.07) is 0. The fourth-order valence-corrected chi connectivity index (χ4v) is 2.03. The van der Waals surface area contributed by atoms with Crippen LogP contribution in [-0.2, 0) is 4.74 Å². The predicted molar refractivity (Wildman–Crippen MR) is 57.3 cm³/mol. The first kappa shape index (κ1) is 12.0. The number of hydrogen-bond donors (Lipinski definition) is 1. The molecule has 3 nitrogen and oxygen atoms in total. The molecular formula is C11H23NO2. The lowest BCUT2D eigenvalue weighted by molar-refractivity contribution is 0.0450. The molecule has 0 aliphatic carbocycles. The van der Waals surface area contributed by atoms with Gasteiger partial charge in [-0.05, 0) is 39.2 Å². The Kier molecular flexibility index (Phi) is 5.45. The summed E-state index contributed by atoms with van der Waals surface area (Å²) in [5, 5.41) is 9.51. The largest absolute Gasteiger partial charge is 0.393 e. The number of nitrogens with zero attached hydrogens (tertiary/aromatic N) is 1. The van der Waals surface area contributed by atoms with Gasteiger partial charge in [0.1, 0.15) is 0 Å². The predicted octanol–water partition coefficient (Wildman–Crippen LogP) is 1.12. The molecule has 14 heavy (non-hydrogen) atoms. The molecule has 0 amide bonds. The molecule has 1 fully saturated rings. The molecule has 84 valence electrons. The Hall–Kier alpha value is -0.120. The summed E-state index contributed by atoms with van der Waals surface area (Å²) in [6.07, 6.45) is 2.22. The van der Waals surface area contributed by atoms with Crippen molar-refractivity contribution in [3.8, 4) is 0 Å². The Bertz CT molecular complexity index is 150. The standard InChI is InChI=1S/C11H23NO2/c1-3-14-8-7-12-6-4-5-11(9-12)10(2)13/h10-11,13H,3-9H2,1-2H3. The summed E-state index contributed by atoms with van der Waals surface area (Å²) in [7, 11) is 0. The van der Waals surface area contributed by atoms with Crippen molar-refractivity contribution in [3.63, 3.8) is 0 Å². The quantitative estimate of drug-likeness (QED) is 0.676. The Morgan fingerprint density at radius 2 is 2.36 bits per heavy atom. The molecule has 1 heterocycles. The molecule has 0 aromatic heterocycles. The molecule has 0 bridgehead atoms. The van der Waals surface area contributed by atoms with Crippen LogP contribution in [0.1, 0.15) is 26.7 Å². The van der Waals surface area contributed by atoms with E-state index in [1.165, 1.54) is 12.8 Å². The van der Waals surface area contributed by atoms with Gasteiger partial charge in [-0.15, -0.1) is 0 Å². The average molecular weight is 201 g/mol. The second-order valence-electron chi connectivity index (χ2n) is 4.14. The van der Waals surface area contributed by atoms with Crippen LogP contribution in [0.25, 0.3) is 0 Å². The van der Waals surface area contributed by atoms with Crippen molar-refractivity contribution in [2.75, 3.05) is 32.8 Å². The van der Waals surface area contributed by atoms with Gasteiger partial charge in [0.05, 0.1) is 12.7 Å². The number of piperidine rings is 1. The topological polar surface area (TPSA) is 32.7 Å². The molecular weight excluding hydrogens is 178 g/mol. The third-order valence-corrected chi connectivity index (χ3v) is 2.98. The van der Waals surface area contributed by atoms with Crippen molar-refractivity contribution < 1.29 is 9.84 Å². The Morgan fingerprint density at radius 3 is 3.00 bits per heavy atom. The maximum Gasteiger partial charge on any atom is 0.0593 e. The Labute approximate surface area is 87.1 Å². The summed E-state index contributed by atoms with van der Waals surface area (Å²) >= 11 is 0. The molecule has 1 rings (SSSR count). The number of likely N-dealkylation sites (tertiary alicyclic amines) is 1. The van der Waals surface area contributed by atoms with E-state index in [0.717, 1.165) is 32.8 Å². The van der Waals surface area contributed by atoms with Gasteiger partial charge in [-0.2, -0.15) is 0 Å². The summed E-state index contributed by atoms with van der Waals surface area (Å²) in [6.45, 7) is 8.75. The van der Waals surface area contributed by atoms with Crippen LogP contribution in [0.15, 0.2) is 0 Å². The fourth-order valence-electron chi connectivity index (χ4n) is 2.03. The zero-order chi connectivity index (χ0) is 10.4. The first-order chi connectivity index (χ1) is 6.74. The number of rotatable bonds is 5. The van der Waals surface area contributed by atoms with Gasteiger partial charge >= 0.3 is 0 Å². The summed E-state index contributed by atoms with van der Waals surface area (Å²) in [4.78, 5) is 2.40. The van der Waals surface area contributed by atoms with E-state index in [-0.39, 0.29) is 6.10 Å². The van der Waals surface area contributed by atoms with Gasteiger partial charge in [-0.1, -0.05) is 0 Å². The van der Waals surface area contributed by atoms with E-state index in [9.17, 15) is 5.11 Å². The van der Waals surface area contributed by atoms with Gasteiger partial charge in [-0.25, -0.2) is 0 Å². The molecule has 1 N–H and O–H groups in total. The van der Waals surface area contributed by atoms with Crippen LogP contribution in [0.4, 0.5) is 0 Å². The number of ether oxygens (including phenoxy) is 1. The van der Waals surface area contributed by atoms with Crippen LogP contribution in [-0.4, -0.2) is 49.0 Å². The zero-order valence-corrected chi connectivity index (χ0v) is 9.41. The minimum absolute atomic E-state index is 0.162. The molecule has 0 spiro atoms. The summed E-state index contributed by atoms with van der Waals surface area (Å²) in [5.41, 5.74) is 0. The molecule has 3 heteroatoms. The van der Waals surface area contributed by atoms with Gasteiger partial charge in [-0.3, -0.25) is 0 Å². The fraction of sp³-hybridized carbons (Fsp3) is 1.00. The van der Waals surface area contributed by atoms with Crippen molar-refractivity contribution >= 4 is 0 Å². The van der Waals surface area contributed by atoms with Gasteiger partial charge < -0.3 is 14.7 Å². The molecule has 1 aliphatic heterocycles. The normalized spacial score (nSPS) is 26.4. The highest BCUT2D eigenvalue weighted by Gasteiger charge is 2.22. The molecule has 2 atom stereocenters. The van der Waals surface area contributed by atoms with Gasteiger partial charge in [0, 0.05) is 19.7 Å². The Morgan fingerprint density at radius 1 is 1.57 bits per heavy atom. The third kappa shape index (κ3) is 3.95. The van der Waals surface area contributed by atoms with E-state index in [2.05, 4.69) is 4.90 Å². The SMILES string of the molecule is CCOCCN1CCCC(C(C)O)C1. The smallest absolute Gasteiger partial charge is 0.0593 e. The molecule has 0 aromatic rings. The maximum absolute atomic E-state index is 9.51. The van der Waals surface area contributed by atoms with E-state index in [1.807, 2.05) is 13.8 Å². The third-order valence-electron chi connectivity index (χ3n) is 2.98. The first-order valence-electron chi connectivity index (χ1n) is 5.72. The van der Waals surface area contributed by atoms with Crippen molar-refractivity contribution in [3.05, 3.63) is 0 Å². The zero-order valence-electron chi connectivity index (χ0n) is 9.41. The van der Waals surface area contributed by atoms with Crippen LogP contribution >= 0.6 is 0 Å². The first-order valence-corrected chi connectivity index (χ1v) is 5.72. The van der Waals surface area contributed by atoms with Crippen molar-refractivity contribution in [2.24, 2.45) is 5.92 Å². The minimum atomic E-state index is -0.162. The number of aliphatic hydroxyl groups excluding tert-OH is 1. The lowest BCUT2D eigenvalue weighted by Gasteiger charge is -2.33. The van der Waals surface area contributed by atoms with Crippen LogP contribution in [0.2, 0.25) is 0 Å². The number of hydrogen-bond acceptors (Lipinski definition) is 3. The molecule has 0 radical (unpaired) electrons. The van der Waals surface area contributed by atoms with Crippen molar-refractivity contribution in [1.82, 2.24) is 4.90 Å². The summed E-state index contributed by atoms with van der Waals surface area (Å²) < 4.78 is 5.33. The minimum Gasteiger partial charge on any atom is -0.393 e. The average Bonchev–Trinajstić information content (AvgIpc) is 2.19. The van der Waals surface area contributed by atoms with Gasteiger partial charge in [0.2, 0.25) is 0 Å². The monoisotopic (exact) mass is 201 g/mol. The van der Waals surface area contributed by atoms with Crippen LogP contribution in [0, 0.1) is 5.92 Å². The molecule has 2 unspecified atom stereocenters. The highest BCUT2D eigenvalue weighted by Crippen LogP contribution is 2.19. The Balaban J connectivity index is 2.19. The van der Waals surface area contributed by atoms with Crippen molar-refractivity contribution in [2.45, 2.75) is 32.8 Å². The molecule has 0 aromatic carbocycles. The lowest BCUT2D eigenvalue weighted by atomic mass is 9.93.